The monoisotopic (exact) mass is 469 g/mol. The Morgan fingerprint density at radius 1 is 1.11 bits per heavy atom. The Morgan fingerprint density at radius 2 is 1.89 bits per heavy atom. The zero-order valence-electron chi connectivity index (χ0n) is 20.1. The van der Waals surface area contributed by atoms with E-state index in [0.717, 1.165) is 65.9 Å². The van der Waals surface area contributed by atoms with Crippen molar-refractivity contribution >= 4 is 16.9 Å². The largest absolute Gasteiger partial charge is 0.457 e. The quantitative estimate of drug-likeness (QED) is 0.288. The van der Waals surface area contributed by atoms with E-state index in [1.165, 1.54) is 6.33 Å². The first-order valence-corrected chi connectivity index (χ1v) is 12.2. The van der Waals surface area contributed by atoms with Gasteiger partial charge in [0.1, 0.15) is 29.3 Å². The van der Waals surface area contributed by atoms with E-state index < -0.39 is 0 Å². The molecular weight excluding hydrogens is 438 g/mol. The Hall–Kier alpha value is -3.71. The molecule has 0 saturated carbocycles. The van der Waals surface area contributed by atoms with Crippen LogP contribution in [0, 0.1) is 0 Å². The number of aromatic nitrogens is 4. The van der Waals surface area contributed by atoms with Crippen LogP contribution in [0.1, 0.15) is 45.1 Å². The van der Waals surface area contributed by atoms with Crippen molar-refractivity contribution in [2.24, 2.45) is 0 Å². The van der Waals surface area contributed by atoms with Gasteiger partial charge in [0.2, 0.25) is 0 Å². The number of nitrogen functional groups attached to an aromatic ring is 1. The molecule has 7 heteroatoms. The number of rotatable bonds is 9. The van der Waals surface area contributed by atoms with Gasteiger partial charge >= 0.3 is 0 Å². The van der Waals surface area contributed by atoms with Gasteiger partial charge in [-0.05, 0) is 55.7 Å². The summed E-state index contributed by atoms with van der Waals surface area (Å²) in [5.74, 6) is 1.97. The summed E-state index contributed by atoms with van der Waals surface area (Å²) in [4.78, 5) is 8.83. The number of nitrogens with zero attached hydrogens (tertiary/aromatic N) is 4. The molecule has 3 heterocycles. The highest BCUT2D eigenvalue weighted by atomic mass is 16.5. The summed E-state index contributed by atoms with van der Waals surface area (Å²) in [5, 5.41) is 5.78. The first kappa shape index (κ1) is 23.1. The molecule has 1 aliphatic rings. The van der Waals surface area contributed by atoms with Gasteiger partial charge in [0.05, 0.1) is 23.6 Å². The Kier molecular flexibility index (Phi) is 6.51. The SMILES string of the molecule is C=CCCC1(CCC)CC(n2nc(-c3ccc(Oc4ccccc4)cc3)c3c(N)ncnc32)CO1. The topological polar surface area (TPSA) is 88.1 Å². The van der Waals surface area contributed by atoms with Gasteiger partial charge in [-0.3, -0.25) is 0 Å². The predicted octanol–water partition coefficient (Wildman–Crippen LogP) is 6.33. The number of hydrogen-bond donors (Lipinski definition) is 1. The molecule has 180 valence electrons. The molecule has 0 radical (unpaired) electrons. The number of fused-ring (bicyclic) bond motifs is 1. The van der Waals surface area contributed by atoms with E-state index >= 15 is 0 Å². The summed E-state index contributed by atoms with van der Waals surface area (Å²) < 4.78 is 14.4. The summed E-state index contributed by atoms with van der Waals surface area (Å²) in [7, 11) is 0. The maximum Gasteiger partial charge on any atom is 0.164 e. The third-order valence-electron chi connectivity index (χ3n) is 6.67. The van der Waals surface area contributed by atoms with Crippen LogP contribution in [0.5, 0.6) is 11.5 Å². The molecule has 7 nitrogen and oxygen atoms in total. The van der Waals surface area contributed by atoms with Gasteiger partial charge in [-0.25, -0.2) is 14.6 Å². The summed E-state index contributed by atoms with van der Waals surface area (Å²) in [6.45, 7) is 6.69. The number of ether oxygens (including phenoxy) is 2. The van der Waals surface area contributed by atoms with Crippen LogP contribution < -0.4 is 10.5 Å². The van der Waals surface area contributed by atoms with E-state index in [-0.39, 0.29) is 11.6 Å². The average molecular weight is 470 g/mol. The van der Waals surface area contributed by atoms with Crippen molar-refractivity contribution in [1.29, 1.82) is 0 Å². The van der Waals surface area contributed by atoms with Crippen molar-refractivity contribution in [2.45, 2.75) is 50.7 Å². The second-order valence-corrected chi connectivity index (χ2v) is 9.12. The van der Waals surface area contributed by atoms with Crippen LogP contribution in [0.2, 0.25) is 0 Å². The second-order valence-electron chi connectivity index (χ2n) is 9.12. The number of nitrogens with two attached hydrogens (primary N) is 1. The van der Waals surface area contributed by atoms with Crippen molar-refractivity contribution in [2.75, 3.05) is 12.3 Å². The van der Waals surface area contributed by atoms with Crippen LogP contribution in [0.15, 0.2) is 73.6 Å². The minimum atomic E-state index is -0.152. The molecule has 2 N–H and O–H groups in total. The predicted molar refractivity (Wildman–Crippen MR) is 138 cm³/mol. The molecule has 4 aromatic rings. The third kappa shape index (κ3) is 4.64. The number of benzene rings is 2. The molecule has 2 aromatic carbocycles. The highest BCUT2D eigenvalue weighted by Gasteiger charge is 2.41. The van der Waals surface area contributed by atoms with E-state index in [1.807, 2.05) is 65.4 Å². The minimum absolute atomic E-state index is 0.0811. The molecule has 1 saturated heterocycles. The van der Waals surface area contributed by atoms with Crippen LogP contribution in [0.25, 0.3) is 22.3 Å². The zero-order valence-corrected chi connectivity index (χ0v) is 20.1. The molecule has 5 rings (SSSR count). The van der Waals surface area contributed by atoms with Crippen molar-refractivity contribution < 1.29 is 9.47 Å². The lowest BCUT2D eigenvalue weighted by atomic mass is 9.88. The summed E-state index contributed by atoms with van der Waals surface area (Å²) in [6.07, 6.45) is 8.35. The lowest BCUT2D eigenvalue weighted by Gasteiger charge is -2.27. The summed E-state index contributed by atoms with van der Waals surface area (Å²) >= 11 is 0. The van der Waals surface area contributed by atoms with Crippen LogP contribution >= 0.6 is 0 Å². The second kappa shape index (κ2) is 9.88. The normalized spacial score (nSPS) is 19.7. The number of para-hydroxylation sites is 1. The van der Waals surface area contributed by atoms with E-state index in [0.29, 0.717) is 12.4 Å². The molecule has 0 amide bonds. The number of hydrogen-bond acceptors (Lipinski definition) is 6. The fourth-order valence-electron chi connectivity index (χ4n) is 5.03. The van der Waals surface area contributed by atoms with Crippen molar-refractivity contribution in [3.8, 4) is 22.8 Å². The minimum Gasteiger partial charge on any atom is -0.457 e. The lowest BCUT2D eigenvalue weighted by molar-refractivity contribution is -0.0101. The van der Waals surface area contributed by atoms with E-state index in [9.17, 15) is 0 Å². The molecule has 35 heavy (non-hydrogen) atoms. The van der Waals surface area contributed by atoms with Gasteiger partial charge in [0, 0.05) is 12.0 Å². The van der Waals surface area contributed by atoms with Crippen LogP contribution in [-0.2, 0) is 4.74 Å². The van der Waals surface area contributed by atoms with Gasteiger partial charge in [-0.15, -0.1) is 6.58 Å². The molecule has 2 unspecified atom stereocenters. The maximum atomic E-state index is 6.42. The zero-order chi connectivity index (χ0) is 24.3. The van der Waals surface area contributed by atoms with Crippen molar-refractivity contribution in [3.05, 3.63) is 73.6 Å². The maximum absolute atomic E-state index is 6.42. The molecule has 2 aromatic heterocycles. The average Bonchev–Trinajstić information content (AvgIpc) is 3.47. The van der Waals surface area contributed by atoms with Gasteiger partial charge in [0.25, 0.3) is 0 Å². The standard InChI is InChI=1S/C28H31N5O2/c1-3-5-16-28(15-4-2)17-21(18-34-28)33-27-24(26(29)30-19-31-27)25(32-33)20-11-13-23(14-12-20)35-22-9-7-6-8-10-22/h3,6-14,19,21H,1,4-5,15-18H2,2H3,(H2,29,30,31). The smallest absolute Gasteiger partial charge is 0.164 e. The van der Waals surface area contributed by atoms with Crippen LogP contribution in [0.3, 0.4) is 0 Å². The van der Waals surface area contributed by atoms with Gasteiger partial charge in [-0.1, -0.05) is 37.6 Å². The Morgan fingerprint density at radius 3 is 2.63 bits per heavy atom. The fraction of sp³-hybridized carbons (Fsp3) is 0.321. The Balaban J connectivity index is 1.47. The van der Waals surface area contributed by atoms with Gasteiger partial charge in [0.15, 0.2) is 5.65 Å². The van der Waals surface area contributed by atoms with Gasteiger partial charge < -0.3 is 15.2 Å². The highest BCUT2D eigenvalue weighted by molar-refractivity contribution is 5.98. The van der Waals surface area contributed by atoms with E-state index in [2.05, 4.69) is 23.5 Å². The molecular formula is C28H31N5O2. The van der Waals surface area contributed by atoms with Crippen LogP contribution in [0.4, 0.5) is 5.82 Å². The highest BCUT2D eigenvalue weighted by Crippen LogP contribution is 2.42. The van der Waals surface area contributed by atoms with E-state index in [1.54, 1.807) is 0 Å². The number of anilines is 1. The molecule has 2 atom stereocenters. The first-order valence-electron chi connectivity index (χ1n) is 12.2. The summed E-state index contributed by atoms with van der Waals surface area (Å²) in [6, 6.07) is 17.7. The van der Waals surface area contributed by atoms with Gasteiger partial charge in [-0.2, -0.15) is 5.10 Å². The van der Waals surface area contributed by atoms with Crippen molar-refractivity contribution in [3.63, 3.8) is 0 Å². The fourth-order valence-corrected chi connectivity index (χ4v) is 5.03. The molecule has 1 fully saturated rings. The van der Waals surface area contributed by atoms with E-state index in [4.69, 9.17) is 20.3 Å². The Labute approximate surface area is 205 Å². The summed E-state index contributed by atoms with van der Waals surface area (Å²) in [5.41, 5.74) is 8.62. The first-order chi connectivity index (χ1) is 17.1. The third-order valence-corrected chi connectivity index (χ3v) is 6.67. The molecule has 0 bridgehead atoms. The lowest BCUT2D eigenvalue weighted by Crippen LogP contribution is -2.27. The molecule has 1 aliphatic heterocycles. The molecule has 0 spiro atoms. The number of allylic oxidation sites excluding steroid dienone is 1. The molecule has 0 aliphatic carbocycles. The van der Waals surface area contributed by atoms with Crippen LogP contribution in [-0.4, -0.2) is 32.0 Å². The van der Waals surface area contributed by atoms with Crippen molar-refractivity contribution in [1.82, 2.24) is 19.7 Å². The Bertz CT molecular complexity index is 1300.